The number of nitrogen functional groups attached to an aromatic ring is 1. The minimum absolute atomic E-state index is 0.227. The number of fused-ring (bicyclic) bond motifs is 1. The lowest BCUT2D eigenvalue weighted by molar-refractivity contribution is 0.364. The number of para-hydroxylation sites is 1. The van der Waals surface area contributed by atoms with Crippen LogP contribution in [0.15, 0.2) is 42.6 Å². The lowest BCUT2D eigenvalue weighted by atomic mass is 9.85. The molecule has 2 aliphatic carbocycles. The summed E-state index contributed by atoms with van der Waals surface area (Å²) in [5.41, 5.74) is 17.1. The first-order valence-electron chi connectivity index (χ1n) is 13.7. The molecule has 3 aromatic heterocycles. The van der Waals surface area contributed by atoms with E-state index in [1.807, 2.05) is 36.5 Å². The number of ether oxygens (including phenoxy) is 1. The number of anilines is 2. The highest BCUT2D eigenvalue weighted by Crippen LogP contribution is 2.40. The van der Waals surface area contributed by atoms with Crippen molar-refractivity contribution in [3.05, 3.63) is 54.0 Å². The average molecular weight is 513 g/mol. The van der Waals surface area contributed by atoms with E-state index in [2.05, 4.69) is 25.9 Å². The highest BCUT2D eigenvalue weighted by molar-refractivity contribution is 5.85. The SMILES string of the molecule is COc1ccccc1-c1ccc(CNc2nc(N)nc3c2nc(C2CCCC(N)C2)n3C2CCCC2)cn1. The van der Waals surface area contributed by atoms with Gasteiger partial charge in [0.25, 0.3) is 0 Å². The Morgan fingerprint density at radius 3 is 2.61 bits per heavy atom. The van der Waals surface area contributed by atoms with E-state index in [-0.39, 0.29) is 12.0 Å². The molecule has 0 aliphatic heterocycles. The van der Waals surface area contributed by atoms with Crippen LogP contribution in [0.1, 0.15) is 74.7 Å². The lowest BCUT2D eigenvalue weighted by Crippen LogP contribution is -2.28. The van der Waals surface area contributed by atoms with Gasteiger partial charge in [0, 0.05) is 36.3 Å². The first-order valence-corrected chi connectivity index (χ1v) is 13.7. The van der Waals surface area contributed by atoms with Gasteiger partial charge >= 0.3 is 0 Å². The summed E-state index contributed by atoms with van der Waals surface area (Å²) in [6.45, 7) is 0.546. The predicted molar refractivity (Wildman–Crippen MR) is 150 cm³/mol. The molecule has 0 spiro atoms. The van der Waals surface area contributed by atoms with Crippen LogP contribution in [0.5, 0.6) is 5.75 Å². The average Bonchev–Trinajstić information content (AvgIpc) is 3.60. The van der Waals surface area contributed by atoms with Gasteiger partial charge in [0.15, 0.2) is 17.0 Å². The van der Waals surface area contributed by atoms with Gasteiger partial charge in [-0.1, -0.05) is 37.5 Å². The van der Waals surface area contributed by atoms with E-state index in [0.29, 0.717) is 24.3 Å². The number of benzene rings is 1. The van der Waals surface area contributed by atoms with Gasteiger partial charge in [0.05, 0.1) is 12.8 Å². The smallest absolute Gasteiger partial charge is 0.224 e. The molecular formula is C29H36N8O. The van der Waals surface area contributed by atoms with Gasteiger partial charge in [-0.05, 0) is 55.9 Å². The van der Waals surface area contributed by atoms with Crippen molar-refractivity contribution in [2.45, 2.75) is 75.9 Å². The van der Waals surface area contributed by atoms with E-state index in [0.717, 1.165) is 78.1 Å². The van der Waals surface area contributed by atoms with E-state index in [9.17, 15) is 0 Å². The Balaban J connectivity index is 1.30. The summed E-state index contributed by atoms with van der Waals surface area (Å²) in [5, 5.41) is 3.47. The van der Waals surface area contributed by atoms with E-state index in [4.69, 9.17) is 26.2 Å². The maximum Gasteiger partial charge on any atom is 0.224 e. The lowest BCUT2D eigenvalue weighted by Gasteiger charge is -2.28. The van der Waals surface area contributed by atoms with Crippen molar-refractivity contribution < 1.29 is 4.74 Å². The molecule has 9 heteroatoms. The molecule has 0 saturated heterocycles. The summed E-state index contributed by atoms with van der Waals surface area (Å²) in [6.07, 6.45) is 10.9. The number of hydrogen-bond acceptors (Lipinski definition) is 8. The van der Waals surface area contributed by atoms with Gasteiger partial charge in [0.2, 0.25) is 5.95 Å². The van der Waals surface area contributed by atoms with Gasteiger partial charge in [-0.25, -0.2) is 4.98 Å². The number of methoxy groups -OCH3 is 1. The summed E-state index contributed by atoms with van der Waals surface area (Å²) < 4.78 is 7.86. The highest BCUT2D eigenvalue weighted by atomic mass is 16.5. The second-order valence-corrected chi connectivity index (χ2v) is 10.6. The number of imidazole rings is 1. The largest absolute Gasteiger partial charge is 0.496 e. The normalized spacial score (nSPS) is 20.2. The van der Waals surface area contributed by atoms with Crippen molar-refractivity contribution in [1.29, 1.82) is 0 Å². The molecule has 6 rings (SSSR count). The van der Waals surface area contributed by atoms with Crippen LogP contribution < -0.4 is 21.5 Å². The van der Waals surface area contributed by atoms with Crippen LogP contribution in [0, 0.1) is 0 Å². The second kappa shape index (κ2) is 10.6. The van der Waals surface area contributed by atoms with Crippen LogP contribution in [0.25, 0.3) is 22.4 Å². The van der Waals surface area contributed by atoms with Crippen LogP contribution in [0.4, 0.5) is 11.8 Å². The van der Waals surface area contributed by atoms with E-state index >= 15 is 0 Å². The molecule has 9 nitrogen and oxygen atoms in total. The first-order chi connectivity index (χ1) is 18.6. The van der Waals surface area contributed by atoms with E-state index < -0.39 is 0 Å². The monoisotopic (exact) mass is 512 g/mol. The number of nitrogens with one attached hydrogen (secondary N) is 1. The maximum atomic E-state index is 6.38. The molecule has 0 radical (unpaired) electrons. The van der Waals surface area contributed by atoms with Gasteiger partial charge in [0.1, 0.15) is 11.6 Å². The Hall–Kier alpha value is -3.72. The van der Waals surface area contributed by atoms with Crippen molar-refractivity contribution in [2.24, 2.45) is 5.73 Å². The summed E-state index contributed by atoms with van der Waals surface area (Å²) in [7, 11) is 1.67. The molecule has 198 valence electrons. The minimum Gasteiger partial charge on any atom is -0.496 e. The van der Waals surface area contributed by atoms with Gasteiger partial charge in [-0.3, -0.25) is 4.98 Å². The molecule has 3 heterocycles. The number of nitrogens with two attached hydrogens (primary N) is 2. The van der Waals surface area contributed by atoms with Gasteiger partial charge < -0.3 is 26.1 Å². The molecule has 2 fully saturated rings. The first kappa shape index (κ1) is 24.6. The van der Waals surface area contributed by atoms with Crippen LogP contribution >= 0.6 is 0 Å². The van der Waals surface area contributed by atoms with E-state index in [1.54, 1.807) is 7.11 Å². The number of pyridine rings is 1. The maximum absolute atomic E-state index is 6.38. The van der Waals surface area contributed by atoms with Crippen LogP contribution in [-0.2, 0) is 6.54 Å². The standard InChI is InChI=1S/C29H36N8O/c1-38-24-12-5-4-11-22(24)23-14-13-18(16-32-23)17-33-26-25-28(36-29(31)35-26)37(21-9-2-3-10-21)27(34-25)19-7-6-8-20(30)15-19/h4-5,11-14,16,19-21H,2-3,6-10,15,17,30H2,1H3,(H3,31,33,35,36). The van der Waals surface area contributed by atoms with Crippen molar-refractivity contribution in [3.8, 4) is 17.0 Å². The van der Waals surface area contributed by atoms with Crippen molar-refractivity contribution in [1.82, 2.24) is 24.5 Å². The summed E-state index contributed by atoms with van der Waals surface area (Å²) in [6, 6.07) is 12.6. The van der Waals surface area contributed by atoms with Crippen LogP contribution in [-0.4, -0.2) is 37.7 Å². The number of rotatable bonds is 7. The van der Waals surface area contributed by atoms with Gasteiger partial charge in [-0.15, -0.1) is 0 Å². The fourth-order valence-electron chi connectivity index (χ4n) is 6.13. The van der Waals surface area contributed by atoms with Crippen molar-refractivity contribution >= 4 is 22.9 Å². The quantitative estimate of drug-likeness (QED) is 0.308. The van der Waals surface area contributed by atoms with Crippen LogP contribution in [0.3, 0.4) is 0 Å². The summed E-state index contributed by atoms with van der Waals surface area (Å²) in [5.74, 6) is 3.18. The Labute approximate surface area is 223 Å². The molecule has 4 aromatic rings. The molecule has 5 N–H and O–H groups in total. The topological polar surface area (TPSA) is 130 Å². The van der Waals surface area contributed by atoms with Crippen molar-refractivity contribution in [2.75, 3.05) is 18.2 Å². The fraction of sp³-hybridized carbons (Fsp3) is 0.448. The summed E-state index contributed by atoms with van der Waals surface area (Å²) >= 11 is 0. The highest BCUT2D eigenvalue weighted by Gasteiger charge is 2.31. The molecule has 38 heavy (non-hydrogen) atoms. The van der Waals surface area contributed by atoms with E-state index in [1.165, 1.54) is 12.8 Å². The van der Waals surface area contributed by atoms with Crippen LogP contribution in [0.2, 0.25) is 0 Å². The third-order valence-electron chi connectivity index (χ3n) is 8.02. The van der Waals surface area contributed by atoms with Crippen molar-refractivity contribution in [3.63, 3.8) is 0 Å². The number of aromatic nitrogens is 5. The molecule has 0 bridgehead atoms. The molecule has 1 aromatic carbocycles. The Morgan fingerprint density at radius 2 is 1.84 bits per heavy atom. The zero-order chi connectivity index (χ0) is 26.1. The summed E-state index contributed by atoms with van der Waals surface area (Å²) in [4.78, 5) is 19.1. The Kier molecular flexibility index (Phi) is 6.84. The number of nitrogens with zero attached hydrogens (tertiary/aromatic N) is 5. The zero-order valence-electron chi connectivity index (χ0n) is 21.9. The molecule has 0 amide bonds. The third-order valence-corrected chi connectivity index (χ3v) is 8.02. The predicted octanol–water partition coefficient (Wildman–Crippen LogP) is 5.19. The molecule has 2 atom stereocenters. The van der Waals surface area contributed by atoms with Gasteiger partial charge in [-0.2, -0.15) is 9.97 Å². The fourth-order valence-corrected chi connectivity index (χ4v) is 6.13. The zero-order valence-corrected chi connectivity index (χ0v) is 21.9. The Morgan fingerprint density at radius 1 is 1.00 bits per heavy atom. The number of hydrogen-bond donors (Lipinski definition) is 3. The molecule has 2 saturated carbocycles. The Bertz CT molecular complexity index is 1410. The molecule has 2 aliphatic rings. The third kappa shape index (κ3) is 4.78. The minimum atomic E-state index is 0.227. The molecular weight excluding hydrogens is 476 g/mol. The molecule has 2 unspecified atom stereocenters. The second-order valence-electron chi connectivity index (χ2n) is 10.6.